The maximum Gasteiger partial charge on any atom is 0.100 e. The number of hydrogen-bond acceptors (Lipinski definition) is 3. The van der Waals surface area contributed by atoms with Gasteiger partial charge in [0.05, 0.1) is 5.56 Å². The first-order chi connectivity index (χ1) is 5.72. The number of hydrogen-bond donors (Lipinski definition) is 1. The lowest BCUT2D eigenvalue weighted by Gasteiger charge is -1.91. The maximum atomic E-state index is 8.54. The van der Waals surface area contributed by atoms with Gasteiger partial charge in [0.25, 0.3) is 0 Å². The Morgan fingerprint density at radius 3 is 3.00 bits per heavy atom. The molecule has 2 N–H and O–H groups in total. The summed E-state index contributed by atoms with van der Waals surface area (Å²) >= 11 is 1.55. The average Bonchev–Trinajstić information content (AvgIpc) is 2.48. The second kappa shape index (κ2) is 4.05. The standard InChI is InChI=1S/C9H10N2S/c1-7(11)2-3-9-4-8(5-10)6-12-9/h2-4,6-7H,11H2,1H3/b3-2+. The fraction of sp³-hybridized carbons (Fsp3) is 0.222. The lowest BCUT2D eigenvalue weighted by molar-refractivity contribution is 0.931. The molecule has 0 radical (unpaired) electrons. The van der Waals surface area contributed by atoms with Gasteiger partial charge in [-0.1, -0.05) is 6.08 Å². The van der Waals surface area contributed by atoms with Gasteiger partial charge in [-0.2, -0.15) is 5.26 Å². The maximum absolute atomic E-state index is 8.54. The fourth-order valence-corrected chi connectivity index (χ4v) is 1.48. The van der Waals surface area contributed by atoms with E-state index >= 15 is 0 Å². The summed E-state index contributed by atoms with van der Waals surface area (Å²) in [6, 6.07) is 4.00. The third kappa shape index (κ3) is 2.50. The van der Waals surface area contributed by atoms with E-state index in [1.54, 1.807) is 11.3 Å². The molecule has 1 aromatic rings. The van der Waals surface area contributed by atoms with Gasteiger partial charge in [-0.3, -0.25) is 0 Å². The Labute approximate surface area is 75.9 Å². The van der Waals surface area contributed by atoms with E-state index in [2.05, 4.69) is 6.07 Å². The number of nitrogens with two attached hydrogens (primary N) is 1. The Morgan fingerprint density at radius 1 is 1.75 bits per heavy atom. The van der Waals surface area contributed by atoms with Gasteiger partial charge in [0.1, 0.15) is 6.07 Å². The monoisotopic (exact) mass is 178 g/mol. The summed E-state index contributed by atoms with van der Waals surface area (Å²) in [6.07, 6.45) is 3.85. The molecule has 0 aliphatic rings. The van der Waals surface area contributed by atoms with Crippen molar-refractivity contribution in [1.29, 1.82) is 5.26 Å². The third-order valence-corrected chi connectivity index (χ3v) is 2.21. The van der Waals surface area contributed by atoms with Crippen LogP contribution in [-0.2, 0) is 0 Å². The van der Waals surface area contributed by atoms with E-state index in [-0.39, 0.29) is 6.04 Å². The zero-order chi connectivity index (χ0) is 8.97. The zero-order valence-corrected chi connectivity index (χ0v) is 7.64. The molecule has 0 amide bonds. The van der Waals surface area contributed by atoms with E-state index in [1.807, 2.05) is 30.5 Å². The Hall–Kier alpha value is -1.11. The fourth-order valence-electron chi connectivity index (χ4n) is 0.745. The van der Waals surface area contributed by atoms with E-state index in [9.17, 15) is 0 Å². The van der Waals surface area contributed by atoms with Crippen molar-refractivity contribution in [2.24, 2.45) is 5.73 Å². The molecule has 0 aliphatic heterocycles. The quantitative estimate of drug-likeness (QED) is 0.752. The molecule has 0 spiro atoms. The molecule has 62 valence electrons. The normalized spacial score (nSPS) is 13.1. The molecule has 12 heavy (non-hydrogen) atoms. The van der Waals surface area contributed by atoms with Gasteiger partial charge >= 0.3 is 0 Å². The first kappa shape index (κ1) is 8.98. The lowest BCUT2D eigenvalue weighted by Crippen LogP contribution is -2.09. The largest absolute Gasteiger partial charge is 0.325 e. The topological polar surface area (TPSA) is 49.8 Å². The molecule has 0 bridgehead atoms. The highest BCUT2D eigenvalue weighted by molar-refractivity contribution is 7.11. The van der Waals surface area contributed by atoms with E-state index in [1.165, 1.54) is 0 Å². The van der Waals surface area contributed by atoms with Crippen LogP contribution in [0.4, 0.5) is 0 Å². The van der Waals surface area contributed by atoms with Crippen molar-refractivity contribution in [1.82, 2.24) is 0 Å². The van der Waals surface area contributed by atoms with Gasteiger partial charge in [0.15, 0.2) is 0 Å². The second-order valence-corrected chi connectivity index (χ2v) is 3.51. The number of nitriles is 1. The van der Waals surface area contributed by atoms with Crippen LogP contribution in [0.15, 0.2) is 17.5 Å². The van der Waals surface area contributed by atoms with Gasteiger partial charge in [-0.15, -0.1) is 11.3 Å². The van der Waals surface area contributed by atoms with E-state index in [4.69, 9.17) is 11.0 Å². The highest BCUT2D eigenvalue weighted by atomic mass is 32.1. The smallest absolute Gasteiger partial charge is 0.100 e. The average molecular weight is 178 g/mol. The predicted molar refractivity (Wildman–Crippen MR) is 51.7 cm³/mol. The van der Waals surface area contributed by atoms with Crippen LogP contribution in [0.5, 0.6) is 0 Å². The summed E-state index contributed by atoms with van der Waals surface area (Å²) in [5.41, 5.74) is 6.24. The molecule has 1 aromatic heterocycles. The zero-order valence-electron chi connectivity index (χ0n) is 6.82. The van der Waals surface area contributed by atoms with Crippen LogP contribution in [-0.4, -0.2) is 6.04 Å². The van der Waals surface area contributed by atoms with Crippen molar-refractivity contribution in [3.8, 4) is 6.07 Å². The van der Waals surface area contributed by atoms with Crippen LogP contribution in [0.1, 0.15) is 17.4 Å². The van der Waals surface area contributed by atoms with Crippen molar-refractivity contribution in [2.75, 3.05) is 0 Å². The molecule has 1 rings (SSSR count). The molecule has 1 atom stereocenters. The highest BCUT2D eigenvalue weighted by Crippen LogP contribution is 2.15. The predicted octanol–water partition coefficient (Wildman–Crippen LogP) is 1.98. The Balaban J connectivity index is 2.72. The SMILES string of the molecule is CC(N)/C=C/c1cc(C#N)cs1. The van der Waals surface area contributed by atoms with Gasteiger partial charge in [-0.05, 0) is 19.1 Å². The molecule has 1 heterocycles. The van der Waals surface area contributed by atoms with Gasteiger partial charge < -0.3 is 5.73 Å². The molecule has 0 aliphatic carbocycles. The summed E-state index contributed by atoms with van der Waals surface area (Å²) in [5, 5.41) is 10.4. The van der Waals surface area contributed by atoms with Crippen LogP contribution in [0.25, 0.3) is 6.08 Å². The Kier molecular flexibility index (Phi) is 3.03. The minimum atomic E-state index is 0.0673. The van der Waals surface area contributed by atoms with E-state index < -0.39 is 0 Å². The van der Waals surface area contributed by atoms with E-state index in [0.29, 0.717) is 5.56 Å². The van der Waals surface area contributed by atoms with Crippen LogP contribution in [0.3, 0.4) is 0 Å². The van der Waals surface area contributed by atoms with Gasteiger partial charge in [0, 0.05) is 16.3 Å². The van der Waals surface area contributed by atoms with Crippen LogP contribution in [0, 0.1) is 11.3 Å². The van der Waals surface area contributed by atoms with Crippen LogP contribution in [0.2, 0.25) is 0 Å². The Morgan fingerprint density at radius 2 is 2.50 bits per heavy atom. The summed E-state index contributed by atoms with van der Waals surface area (Å²) in [6.45, 7) is 1.91. The minimum absolute atomic E-state index is 0.0673. The highest BCUT2D eigenvalue weighted by Gasteiger charge is 1.94. The summed E-state index contributed by atoms with van der Waals surface area (Å²) in [7, 11) is 0. The number of thiophene rings is 1. The van der Waals surface area contributed by atoms with Crippen molar-refractivity contribution in [2.45, 2.75) is 13.0 Å². The third-order valence-electron chi connectivity index (χ3n) is 1.31. The number of rotatable bonds is 2. The first-order valence-electron chi connectivity index (χ1n) is 3.65. The minimum Gasteiger partial charge on any atom is -0.325 e. The molecule has 2 nitrogen and oxygen atoms in total. The number of nitrogens with zero attached hydrogens (tertiary/aromatic N) is 1. The van der Waals surface area contributed by atoms with Gasteiger partial charge in [-0.25, -0.2) is 0 Å². The second-order valence-electron chi connectivity index (χ2n) is 2.57. The van der Waals surface area contributed by atoms with Crippen molar-refractivity contribution >= 4 is 17.4 Å². The molecule has 0 fully saturated rings. The summed E-state index contributed by atoms with van der Waals surface area (Å²) in [4.78, 5) is 1.07. The van der Waals surface area contributed by atoms with Gasteiger partial charge in [0.2, 0.25) is 0 Å². The molecular formula is C9H10N2S. The first-order valence-corrected chi connectivity index (χ1v) is 4.53. The van der Waals surface area contributed by atoms with E-state index in [0.717, 1.165) is 4.88 Å². The van der Waals surface area contributed by atoms with Crippen LogP contribution >= 0.6 is 11.3 Å². The van der Waals surface area contributed by atoms with Crippen molar-refractivity contribution in [3.05, 3.63) is 28.0 Å². The Bertz CT molecular complexity index is 318. The molecule has 3 heteroatoms. The molecule has 1 unspecified atom stereocenters. The molecule has 0 saturated heterocycles. The van der Waals surface area contributed by atoms with Crippen LogP contribution < -0.4 is 5.73 Å². The lowest BCUT2D eigenvalue weighted by atomic mass is 10.3. The summed E-state index contributed by atoms with van der Waals surface area (Å²) < 4.78 is 0. The molecule has 0 saturated carbocycles. The summed E-state index contributed by atoms with van der Waals surface area (Å²) in [5.74, 6) is 0. The molecular weight excluding hydrogens is 168 g/mol. The van der Waals surface area contributed by atoms with Crippen molar-refractivity contribution in [3.63, 3.8) is 0 Å². The van der Waals surface area contributed by atoms with Crippen molar-refractivity contribution < 1.29 is 0 Å². The molecule has 0 aromatic carbocycles.